The zero-order valence-corrected chi connectivity index (χ0v) is 15.2. The molecule has 1 heterocycles. The molecule has 1 aromatic rings. The predicted octanol–water partition coefficient (Wildman–Crippen LogP) is 0.842. The van der Waals surface area contributed by atoms with Gasteiger partial charge in [-0.1, -0.05) is 0 Å². The fraction of sp³-hybridized carbons (Fsp3) is 0.500. The number of esters is 1. The highest BCUT2D eigenvalue weighted by atomic mass is 32.2. The smallest absolute Gasteiger partial charge is 0.341 e. The fourth-order valence-electron chi connectivity index (χ4n) is 2.38. The molecule has 0 aliphatic carbocycles. The lowest BCUT2D eigenvalue weighted by molar-refractivity contribution is 0.0435. The Hall–Kier alpha value is -2.15. The van der Waals surface area contributed by atoms with Crippen LogP contribution in [0.2, 0.25) is 0 Å². The van der Waals surface area contributed by atoms with E-state index in [2.05, 4.69) is 0 Å². The third-order valence-electron chi connectivity index (χ3n) is 3.78. The van der Waals surface area contributed by atoms with Gasteiger partial charge in [-0.15, -0.1) is 0 Å². The number of nitriles is 1. The van der Waals surface area contributed by atoms with Crippen LogP contribution in [0.3, 0.4) is 0 Å². The quantitative estimate of drug-likeness (QED) is 0.711. The lowest BCUT2D eigenvalue weighted by Gasteiger charge is -2.30. The maximum Gasteiger partial charge on any atom is 0.341 e. The lowest BCUT2D eigenvalue weighted by Crippen LogP contribution is -2.37. The zero-order valence-electron chi connectivity index (χ0n) is 14.4. The van der Waals surface area contributed by atoms with Crippen LogP contribution in [0.4, 0.5) is 5.69 Å². The van der Waals surface area contributed by atoms with Crippen molar-refractivity contribution >= 4 is 21.7 Å². The highest BCUT2D eigenvalue weighted by Gasteiger charge is 2.25. The van der Waals surface area contributed by atoms with Crippen LogP contribution in [0.15, 0.2) is 23.1 Å². The molecule has 1 fully saturated rings. The van der Waals surface area contributed by atoms with Gasteiger partial charge in [-0.25, -0.2) is 17.5 Å². The number of rotatable bonds is 5. The fourth-order valence-corrected chi connectivity index (χ4v) is 3.31. The maximum atomic E-state index is 12.5. The largest absolute Gasteiger partial charge is 0.444 e. The van der Waals surface area contributed by atoms with Crippen LogP contribution in [-0.2, 0) is 19.5 Å². The second-order valence-electron chi connectivity index (χ2n) is 5.74. The molecule has 1 aliphatic rings. The van der Waals surface area contributed by atoms with E-state index in [1.54, 1.807) is 6.07 Å². The van der Waals surface area contributed by atoms with E-state index >= 15 is 0 Å². The van der Waals surface area contributed by atoms with Gasteiger partial charge >= 0.3 is 5.97 Å². The summed E-state index contributed by atoms with van der Waals surface area (Å²) in [5, 5.41) is 8.85. The molecule has 0 saturated carbocycles. The van der Waals surface area contributed by atoms with Gasteiger partial charge in [0.2, 0.25) is 10.0 Å². The van der Waals surface area contributed by atoms with E-state index in [1.807, 2.05) is 11.0 Å². The number of hydrogen-bond acceptors (Lipinski definition) is 7. The Morgan fingerprint density at radius 1 is 1.36 bits per heavy atom. The topological polar surface area (TPSA) is 99.9 Å². The lowest BCUT2D eigenvalue weighted by atomic mass is 10.1. The summed E-state index contributed by atoms with van der Waals surface area (Å²) < 4.78 is 36.2. The first kappa shape index (κ1) is 19.2. The minimum atomic E-state index is -3.70. The van der Waals surface area contributed by atoms with Crippen LogP contribution in [-0.4, -0.2) is 65.2 Å². The molecule has 0 N–H and O–H groups in total. The SMILES string of the molecule is C[C@@H](C#N)OC(=O)c1cc(S(=O)(=O)N(C)C)ccc1N1CCOCC1. The van der Waals surface area contributed by atoms with Gasteiger partial charge in [0.15, 0.2) is 6.10 Å². The summed E-state index contributed by atoms with van der Waals surface area (Å²) in [7, 11) is -0.862. The molecular weight excluding hydrogens is 346 g/mol. The third kappa shape index (κ3) is 4.28. The Kier molecular flexibility index (Phi) is 6.00. The summed E-state index contributed by atoms with van der Waals surface area (Å²) in [6, 6.07) is 6.18. The van der Waals surface area contributed by atoms with E-state index < -0.39 is 22.1 Å². The van der Waals surface area contributed by atoms with Gasteiger partial charge in [0.25, 0.3) is 0 Å². The number of sulfonamides is 1. The molecule has 0 aromatic heterocycles. The zero-order chi connectivity index (χ0) is 18.6. The van der Waals surface area contributed by atoms with Crippen molar-refractivity contribution in [3.63, 3.8) is 0 Å². The normalized spacial score (nSPS) is 16.4. The van der Waals surface area contributed by atoms with Crippen molar-refractivity contribution in [3.05, 3.63) is 23.8 Å². The van der Waals surface area contributed by atoms with Crippen LogP contribution in [0.5, 0.6) is 0 Å². The highest BCUT2D eigenvalue weighted by Crippen LogP contribution is 2.27. The molecule has 25 heavy (non-hydrogen) atoms. The first-order valence-corrected chi connectivity index (χ1v) is 9.21. The second kappa shape index (κ2) is 7.82. The first-order chi connectivity index (χ1) is 11.8. The Morgan fingerprint density at radius 3 is 2.56 bits per heavy atom. The number of carbonyl (C=O) groups excluding carboxylic acids is 1. The van der Waals surface area contributed by atoms with Crippen molar-refractivity contribution in [2.75, 3.05) is 45.3 Å². The standard InChI is InChI=1S/C16H21N3O5S/c1-12(11-17)24-16(20)14-10-13(25(21,22)18(2)3)4-5-15(14)19-6-8-23-9-7-19/h4-5,10,12H,6-9H2,1-3H3/t12-/m0/s1. The maximum absolute atomic E-state index is 12.5. The molecule has 1 saturated heterocycles. The second-order valence-corrected chi connectivity index (χ2v) is 7.89. The summed E-state index contributed by atoms with van der Waals surface area (Å²) in [6.07, 6.45) is -0.931. The van der Waals surface area contributed by atoms with Crippen molar-refractivity contribution in [2.24, 2.45) is 0 Å². The van der Waals surface area contributed by atoms with Gasteiger partial charge in [-0.3, -0.25) is 0 Å². The summed E-state index contributed by atoms with van der Waals surface area (Å²) >= 11 is 0. The van der Waals surface area contributed by atoms with Crippen molar-refractivity contribution in [1.29, 1.82) is 5.26 Å². The number of morpholine rings is 1. The van der Waals surface area contributed by atoms with E-state index in [9.17, 15) is 13.2 Å². The average molecular weight is 367 g/mol. The number of anilines is 1. The molecule has 0 radical (unpaired) electrons. The van der Waals surface area contributed by atoms with Crippen molar-refractivity contribution in [1.82, 2.24) is 4.31 Å². The van der Waals surface area contributed by atoms with Gasteiger partial charge in [0.1, 0.15) is 6.07 Å². The number of nitrogens with zero attached hydrogens (tertiary/aromatic N) is 3. The average Bonchev–Trinajstić information content (AvgIpc) is 2.61. The van der Waals surface area contributed by atoms with Crippen LogP contribution < -0.4 is 4.90 Å². The molecule has 0 spiro atoms. The number of ether oxygens (including phenoxy) is 2. The van der Waals surface area contributed by atoms with Crippen molar-refractivity contribution in [2.45, 2.75) is 17.9 Å². The van der Waals surface area contributed by atoms with Gasteiger partial charge in [0, 0.05) is 27.2 Å². The van der Waals surface area contributed by atoms with Gasteiger partial charge < -0.3 is 14.4 Å². The molecule has 9 heteroatoms. The molecule has 8 nitrogen and oxygen atoms in total. The minimum absolute atomic E-state index is 0.00827. The molecule has 1 atom stereocenters. The Morgan fingerprint density at radius 2 is 2.00 bits per heavy atom. The molecule has 0 unspecified atom stereocenters. The minimum Gasteiger partial charge on any atom is -0.444 e. The third-order valence-corrected chi connectivity index (χ3v) is 5.59. The van der Waals surface area contributed by atoms with E-state index in [1.165, 1.54) is 33.2 Å². The number of carbonyl (C=O) groups is 1. The molecular formula is C16H21N3O5S. The Balaban J connectivity index is 2.49. The number of benzene rings is 1. The van der Waals surface area contributed by atoms with Crippen LogP contribution >= 0.6 is 0 Å². The summed E-state index contributed by atoms with van der Waals surface area (Å²) in [5.74, 6) is -0.730. The monoisotopic (exact) mass is 367 g/mol. The summed E-state index contributed by atoms with van der Waals surface area (Å²) in [5.41, 5.74) is 0.683. The van der Waals surface area contributed by atoms with E-state index in [-0.39, 0.29) is 10.5 Å². The first-order valence-electron chi connectivity index (χ1n) is 7.77. The highest BCUT2D eigenvalue weighted by molar-refractivity contribution is 7.89. The number of hydrogen-bond donors (Lipinski definition) is 0. The summed E-state index contributed by atoms with van der Waals surface area (Å²) in [6.45, 7) is 3.64. The van der Waals surface area contributed by atoms with Crippen LogP contribution in [0, 0.1) is 11.3 Å². The van der Waals surface area contributed by atoms with Crippen LogP contribution in [0.25, 0.3) is 0 Å². The summed E-state index contributed by atoms with van der Waals surface area (Å²) in [4.78, 5) is 14.4. The molecule has 136 valence electrons. The van der Waals surface area contributed by atoms with Crippen molar-refractivity contribution in [3.8, 4) is 6.07 Å². The molecule has 1 aliphatic heterocycles. The van der Waals surface area contributed by atoms with Gasteiger partial charge in [-0.2, -0.15) is 5.26 Å². The Bertz CT molecular complexity index is 779. The molecule has 1 aromatic carbocycles. The van der Waals surface area contributed by atoms with Gasteiger partial charge in [0.05, 0.1) is 29.4 Å². The molecule has 0 bridgehead atoms. The Labute approximate surface area is 147 Å². The van der Waals surface area contributed by atoms with Crippen molar-refractivity contribution < 1.29 is 22.7 Å². The molecule has 0 amide bonds. The van der Waals surface area contributed by atoms with E-state index in [4.69, 9.17) is 14.7 Å². The van der Waals surface area contributed by atoms with E-state index in [0.29, 0.717) is 32.0 Å². The van der Waals surface area contributed by atoms with E-state index in [0.717, 1.165) is 4.31 Å². The predicted molar refractivity (Wildman–Crippen MR) is 90.8 cm³/mol. The molecule has 2 rings (SSSR count). The van der Waals surface area contributed by atoms with Gasteiger partial charge in [-0.05, 0) is 25.1 Å². The van der Waals surface area contributed by atoms with Crippen LogP contribution in [0.1, 0.15) is 17.3 Å².